The normalized spacial score (nSPS) is 11.5. The van der Waals surface area contributed by atoms with E-state index in [-0.39, 0.29) is 10.7 Å². The summed E-state index contributed by atoms with van der Waals surface area (Å²) in [6.45, 7) is 11.8. The van der Waals surface area contributed by atoms with E-state index in [1.54, 1.807) is 72.8 Å². The van der Waals surface area contributed by atoms with Gasteiger partial charge in [0.15, 0.2) is 27.1 Å². The van der Waals surface area contributed by atoms with Crippen LogP contribution in [0.2, 0.25) is 0 Å². The molecular formula is C31H25NO4S2. The lowest BCUT2D eigenvalue weighted by Gasteiger charge is -2.23. The van der Waals surface area contributed by atoms with Crippen molar-refractivity contribution in [2.45, 2.75) is 40.2 Å². The molecule has 0 aliphatic carbocycles. The largest absolute Gasteiger partial charge is 0.292 e. The molecule has 0 amide bonds. The Hall–Kier alpha value is -3.99. The first-order valence-electron chi connectivity index (χ1n) is 11.8. The van der Waals surface area contributed by atoms with Crippen LogP contribution in [0, 0.1) is 13.5 Å². The van der Waals surface area contributed by atoms with E-state index in [0.29, 0.717) is 22.4 Å². The minimum Gasteiger partial charge on any atom is -0.292 e. The maximum Gasteiger partial charge on any atom is 0.192 e. The average Bonchev–Trinajstić information content (AvgIpc) is 2.93. The summed E-state index contributed by atoms with van der Waals surface area (Å²) < 4.78 is 24.8. The number of carbonyl (C=O) groups is 2. The van der Waals surface area contributed by atoms with Gasteiger partial charge in [0.25, 0.3) is 0 Å². The van der Waals surface area contributed by atoms with Crippen molar-refractivity contribution >= 4 is 38.9 Å². The van der Waals surface area contributed by atoms with Crippen LogP contribution in [0.25, 0.3) is 4.85 Å². The van der Waals surface area contributed by atoms with Gasteiger partial charge in [0, 0.05) is 26.5 Å². The van der Waals surface area contributed by atoms with Gasteiger partial charge in [0.2, 0.25) is 0 Å². The zero-order valence-corrected chi connectivity index (χ0v) is 22.8. The van der Waals surface area contributed by atoms with Crippen molar-refractivity contribution in [1.29, 1.82) is 0 Å². The Labute approximate surface area is 227 Å². The monoisotopic (exact) mass is 539 g/mol. The van der Waals surface area contributed by atoms with Crippen LogP contribution in [-0.2, 0) is 9.84 Å². The van der Waals surface area contributed by atoms with Crippen LogP contribution in [0.5, 0.6) is 0 Å². The average molecular weight is 540 g/mol. The molecule has 0 aliphatic heterocycles. The van der Waals surface area contributed by atoms with E-state index in [9.17, 15) is 18.0 Å². The van der Waals surface area contributed by atoms with Crippen LogP contribution in [0.15, 0.2) is 112 Å². The summed E-state index contributed by atoms with van der Waals surface area (Å²) in [6.07, 6.45) is 0. The first kappa shape index (κ1) is 27.1. The molecule has 0 fully saturated rings. The predicted octanol–water partition coefficient (Wildman–Crippen LogP) is 7.36. The Morgan fingerprint density at radius 1 is 0.711 bits per heavy atom. The van der Waals surface area contributed by atoms with Crippen LogP contribution in [0.4, 0.5) is 5.69 Å². The Morgan fingerprint density at radius 2 is 1.16 bits per heavy atom. The van der Waals surface area contributed by atoms with Gasteiger partial charge < -0.3 is 0 Å². The maximum absolute atomic E-state index is 13.2. The van der Waals surface area contributed by atoms with E-state index in [1.807, 2.05) is 19.1 Å². The summed E-state index contributed by atoms with van der Waals surface area (Å²) in [5.41, 5.74) is 2.81. The number of rotatable bonds is 8. The third-order valence-electron chi connectivity index (χ3n) is 6.28. The van der Waals surface area contributed by atoms with Gasteiger partial charge in [0.05, 0.1) is 11.5 Å². The molecule has 0 heterocycles. The van der Waals surface area contributed by atoms with Crippen LogP contribution in [-0.4, -0.2) is 24.7 Å². The standard InChI is InChI=1S/C31H25NO4S2/c1-21-5-19-28(20-6-21)38(35,36)31(2,3)30(34)24-11-17-27(18-12-24)37-26-15-9-23(10-16-26)29(33)22-7-13-25(32-4)14-8-22/h5-20H,1-3H3. The molecule has 0 aromatic heterocycles. The molecule has 38 heavy (non-hydrogen) atoms. The molecule has 5 nitrogen and oxygen atoms in total. The van der Waals surface area contributed by atoms with E-state index < -0.39 is 20.4 Å². The van der Waals surface area contributed by atoms with E-state index >= 15 is 0 Å². The molecule has 0 unspecified atom stereocenters. The topological polar surface area (TPSA) is 72.6 Å². The Kier molecular flexibility index (Phi) is 7.68. The lowest BCUT2D eigenvalue weighted by molar-refractivity contribution is 0.0953. The summed E-state index contributed by atoms with van der Waals surface area (Å²) in [4.78, 5) is 31.2. The van der Waals surface area contributed by atoms with E-state index in [0.717, 1.165) is 15.4 Å². The third-order valence-corrected chi connectivity index (χ3v) is 9.71. The smallest absolute Gasteiger partial charge is 0.192 e. The summed E-state index contributed by atoms with van der Waals surface area (Å²) in [6, 6.07) is 27.1. The summed E-state index contributed by atoms with van der Waals surface area (Å²) in [5.74, 6) is -0.592. The number of carbonyl (C=O) groups excluding carboxylic acids is 2. The number of sulfone groups is 1. The van der Waals surface area contributed by atoms with Gasteiger partial charge in [-0.05, 0) is 69.3 Å². The number of aryl methyl sites for hydroxylation is 1. The molecule has 7 heteroatoms. The maximum atomic E-state index is 13.2. The number of hydrogen-bond donors (Lipinski definition) is 0. The van der Waals surface area contributed by atoms with Crippen LogP contribution in [0.1, 0.15) is 45.7 Å². The third kappa shape index (κ3) is 5.47. The molecule has 0 radical (unpaired) electrons. The number of nitrogens with zero attached hydrogens (tertiary/aromatic N) is 1. The van der Waals surface area contributed by atoms with Gasteiger partial charge in [-0.25, -0.2) is 13.3 Å². The molecule has 0 spiro atoms. The molecule has 4 rings (SSSR count). The zero-order valence-electron chi connectivity index (χ0n) is 21.1. The fraction of sp³-hybridized carbons (Fsp3) is 0.129. The number of ketones is 2. The molecule has 0 bridgehead atoms. The van der Waals surface area contributed by atoms with Crippen molar-refractivity contribution in [3.63, 3.8) is 0 Å². The molecule has 190 valence electrons. The zero-order chi connectivity index (χ0) is 27.5. The van der Waals surface area contributed by atoms with Crippen molar-refractivity contribution in [2.24, 2.45) is 0 Å². The van der Waals surface area contributed by atoms with Crippen molar-refractivity contribution in [3.8, 4) is 0 Å². The van der Waals surface area contributed by atoms with E-state index in [2.05, 4.69) is 4.85 Å². The molecule has 0 saturated carbocycles. The van der Waals surface area contributed by atoms with Gasteiger partial charge in [0.1, 0.15) is 4.75 Å². The molecule has 0 atom stereocenters. The minimum absolute atomic E-state index is 0.121. The minimum atomic E-state index is -3.89. The Bertz CT molecular complexity index is 1630. The summed E-state index contributed by atoms with van der Waals surface area (Å²) in [5, 5.41) is 0. The van der Waals surface area contributed by atoms with Crippen molar-refractivity contribution in [3.05, 3.63) is 131 Å². The SMILES string of the molecule is [C-]#[N+]c1ccc(C(=O)c2ccc(Sc3ccc(C(=O)C(C)(C)S(=O)(=O)c4ccc(C)cc4)cc3)cc2)cc1. The van der Waals surface area contributed by atoms with Gasteiger partial charge in [-0.15, -0.1) is 0 Å². The molecule has 0 N–H and O–H groups in total. The van der Waals surface area contributed by atoms with E-state index in [1.165, 1.54) is 37.7 Å². The highest BCUT2D eigenvalue weighted by Crippen LogP contribution is 2.32. The summed E-state index contributed by atoms with van der Waals surface area (Å²) in [7, 11) is -3.89. The lowest BCUT2D eigenvalue weighted by atomic mass is 10.0. The van der Waals surface area contributed by atoms with Gasteiger partial charge in [-0.3, -0.25) is 9.59 Å². The molecule has 0 aliphatic rings. The van der Waals surface area contributed by atoms with Gasteiger partial charge >= 0.3 is 0 Å². The van der Waals surface area contributed by atoms with Crippen molar-refractivity contribution in [2.75, 3.05) is 0 Å². The fourth-order valence-corrected chi connectivity index (χ4v) is 6.08. The molecule has 0 saturated heterocycles. The highest BCUT2D eigenvalue weighted by molar-refractivity contribution is 7.99. The molecule has 4 aromatic carbocycles. The second-order valence-electron chi connectivity index (χ2n) is 9.29. The summed E-state index contributed by atoms with van der Waals surface area (Å²) >= 11 is 1.47. The molecular weight excluding hydrogens is 514 g/mol. The molecule has 4 aromatic rings. The number of benzene rings is 4. The van der Waals surface area contributed by atoms with Gasteiger partial charge in [-0.2, -0.15) is 0 Å². The quantitative estimate of drug-likeness (QED) is 0.173. The fourth-order valence-electron chi connectivity index (χ4n) is 3.82. The highest BCUT2D eigenvalue weighted by atomic mass is 32.2. The Balaban J connectivity index is 1.46. The van der Waals surface area contributed by atoms with Gasteiger partial charge in [-0.1, -0.05) is 65.9 Å². The first-order chi connectivity index (χ1) is 18.0. The van der Waals surface area contributed by atoms with Crippen LogP contribution >= 0.6 is 11.8 Å². The van der Waals surface area contributed by atoms with Crippen LogP contribution in [0.3, 0.4) is 0 Å². The second kappa shape index (κ2) is 10.8. The van der Waals surface area contributed by atoms with E-state index in [4.69, 9.17) is 6.57 Å². The van der Waals surface area contributed by atoms with Crippen molar-refractivity contribution < 1.29 is 18.0 Å². The predicted molar refractivity (Wildman–Crippen MR) is 150 cm³/mol. The number of hydrogen-bond acceptors (Lipinski definition) is 5. The highest BCUT2D eigenvalue weighted by Gasteiger charge is 2.43. The Morgan fingerprint density at radius 3 is 1.63 bits per heavy atom. The first-order valence-corrected chi connectivity index (χ1v) is 14.1. The van der Waals surface area contributed by atoms with Crippen LogP contribution < -0.4 is 0 Å². The second-order valence-corrected chi connectivity index (χ2v) is 12.9. The lowest BCUT2D eigenvalue weighted by Crippen LogP contribution is -2.40. The number of Topliss-reactive ketones (excluding diaryl/α,β-unsaturated/α-hetero) is 1. The van der Waals surface area contributed by atoms with Crippen molar-refractivity contribution in [1.82, 2.24) is 0 Å².